The highest BCUT2D eigenvalue weighted by atomic mass is 16.5. The summed E-state index contributed by atoms with van der Waals surface area (Å²) in [6, 6.07) is 5.90. The Morgan fingerprint density at radius 1 is 1.10 bits per heavy atom. The summed E-state index contributed by atoms with van der Waals surface area (Å²) in [5.41, 5.74) is 1.81. The lowest BCUT2D eigenvalue weighted by molar-refractivity contribution is -0.0526. The monoisotopic (exact) mass is 545 g/mol. The molecule has 0 aliphatic heterocycles. The Labute approximate surface area is 233 Å². The molecule has 2 amide bonds. The van der Waals surface area contributed by atoms with Crippen LogP contribution in [0.1, 0.15) is 99.5 Å². The third-order valence-corrected chi connectivity index (χ3v) is 7.05. The number of hydrogen-bond donors (Lipinski definition) is 2. The first-order chi connectivity index (χ1) is 18.9. The SMILES string of the molecule is CCCCN=C=O.CCCCNC(=O)N(CCO[C@@H]1CCC[C@H](OCc2cccc(C)c2C(=O)O)C1)C1CC1. The molecule has 3 rings (SSSR count). The van der Waals surface area contributed by atoms with Crippen LogP contribution in [-0.4, -0.2) is 72.6 Å². The molecule has 0 aromatic heterocycles. The molecule has 2 aliphatic carbocycles. The third kappa shape index (κ3) is 12.3. The van der Waals surface area contributed by atoms with Gasteiger partial charge in [-0.2, -0.15) is 0 Å². The number of benzene rings is 1. The minimum atomic E-state index is -0.912. The maximum absolute atomic E-state index is 12.5. The smallest absolute Gasteiger partial charge is 0.336 e. The first-order valence-electron chi connectivity index (χ1n) is 14.5. The van der Waals surface area contributed by atoms with Crippen molar-refractivity contribution in [2.24, 2.45) is 4.99 Å². The highest BCUT2D eigenvalue weighted by Gasteiger charge is 2.32. The average Bonchev–Trinajstić information content (AvgIpc) is 3.76. The first-order valence-corrected chi connectivity index (χ1v) is 14.5. The molecule has 2 saturated carbocycles. The van der Waals surface area contributed by atoms with E-state index in [1.54, 1.807) is 0 Å². The van der Waals surface area contributed by atoms with Crippen LogP contribution in [0.15, 0.2) is 23.2 Å². The van der Waals surface area contributed by atoms with Gasteiger partial charge in [-0.1, -0.05) is 44.9 Å². The highest BCUT2D eigenvalue weighted by Crippen LogP contribution is 2.28. The van der Waals surface area contributed by atoms with Crippen molar-refractivity contribution in [2.45, 2.75) is 110 Å². The fourth-order valence-corrected chi connectivity index (χ4v) is 4.68. The number of carbonyl (C=O) groups excluding carboxylic acids is 2. The van der Waals surface area contributed by atoms with E-state index in [0.29, 0.717) is 37.9 Å². The van der Waals surface area contributed by atoms with Gasteiger partial charge in [0.05, 0.1) is 37.5 Å². The topological polar surface area (TPSA) is 118 Å². The molecule has 218 valence electrons. The Hall–Kier alpha value is -2.74. The van der Waals surface area contributed by atoms with Crippen LogP contribution in [0.5, 0.6) is 0 Å². The Kier molecular flexibility index (Phi) is 15.4. The number of hydrogen-bond acceptors (Lipinski definition) is 6. The van der Waals surface area contributed by atoms with Crippen molar-refractivity contribution >= 4 is 18.1 Å². The number of amides is 2. The van der Waals surface area contributed by atoms with Gasteiger partial charge in [-0.15, -0.1) is 0 Å². The number of aromatic carboxylic acids is 1. The zero-order valence-electron chi connectivity index (χ0n) is 24.0. The minimum absolute atomic E-state index is 0.0294. The van der Waals surface area contributed by atoms with E-state index in [1.165, 1.54) is 6.08 Å². The maximum atomic E-state index is 12.5. The molecule has 0 spiro atoms. The van der Waals surface area contributed by atoms with Crippen LogP contribution in [0.25, 0.3) is 0 Å². The van der Waals surface area contributed by atoms with Crippen LogP contribution in [0.4, 0.5) is 4.79 Å². The second-order valence-electron chi connectivity index (χ2n) is 10.3. The standard InChI is InChI=1S/C25H38N2O5.C5H9NO/c1-3-4-13-26-25(30)27(20-11-12-20)14-15-31-21-9-6-10-22(16-21)32-17-19-8-5-7-18(2)23(19)24(28)29;1-2-3-4-6-5-7/h5,7-8,20-22H,3-4,6,9-17H2,1-2H3,(H,26,30)(H,28,29);2-4H2,1H3/t21-,22+;/m1./s1. The molecule has 1 aromatic rings. The second kappa shape index (κ2) is 18.5. The van der Waals surface area contributed by atoms with Crippen LogP contribution in [-0.2, 0) is 20.9 Å². The first kappa shape index (κ1) is 32.5. The molecule has 39 heavy (non-hydrogen) atoms. The molecule has 9 heteroatoms. The Bertz CT molecular complexity index is 929. The largest absolute Gasteiger partial charge is 0.478 e. The van der Waals surface area contributed by atoms with E-state index in [4.69, 9.17) is 9.47 Å². The Morgan fingerprint density at radius 2 is 1.82 bits per heavy atom. The number of ether oxygens (including phenoxy) is 2. The van der Waals surface area contributed by atoms with Gasteiger partial charge in [0, 0.05) is 19.1 Å². The van der Waals surface area contributed by atoms with E-state index in [9.17, 15) is 19.5 Å². The van der Waals surface area contributed by atoms with Gasteiger partial charge in [-0.3, -0.25) is 0 Å². The lowest BCUT2D eigenvalue weighted by Gasteiger charge is -2.30. The highest BCUT2D eigenvalue weighted by molar-refractivity contribution is 5.91. The number of unbranched alkanes of at least 4 members (excludes halogenated alkanes) is 2. The van der Waals surface area contributed by atoms with Crippen molar-refractivity contribution in [2.75, 3.05) is 26.2 Å². The van der Waals surface area contributed by atoms with Crippen LogP contribution >= 0.6 is 0 Å². The fourth-order valence-electron chi connectivity index (χ4n) is 4.68. The van der Waals surface area contributed by atoms with Crippen molar-refractivity contribution in [3.63, 3.8) is 0 Å². The molecule has 0 unspecified atom stereocenters. The number of nitrogens with zero attached hydrogens (tertiary/aromatic N) is 2. The van der Waals surface area contributed by atoms with Crippen molar-refractivity contribution in [1.29, 1.82) is 0 Å². The summed E-state index contributed by atoms with van der Waals surface area (Å²) in [4.78, 5) is 38.7. The van der Waals surface area contributed by atoms with Gasteiger partial charge < -0.3 is 24.8 Å². The average molecular weight is 546 g/mol. The summed E-state index contributed by atoms with van der Waals surface area (Å²) in [5, 5.41) is 12.5. The molecule has 0 radical (unpaired) electrons. The lowest BCUT2D eigenvalue weighted by Crippen LogP contribution is -2.44. The summed E-state index contributed by atoms with van der Waals surface area (Å²) in [6.45, 7) is 8.81. The summed E-state index contributed by atoms with van der Waals surface area (Å²) in [6.07, 6.45) is 11.8. The summed E-state index contributed by atoms with van der Waals surface area (Å²) in [7, 11) is 0. The number of isocyanates is 1. The Morgan fingerprint density at radius 3 is 2.46 bits per heavy atom. The molecular formula is C30H47N3O6. The number of carboxylic acids is 1. The Balaban J connectivity index is 0.000000673. The van der Waals surface area contributed by atoms with Crippen LogP contribution in [0.2, 0.25) is 0 Å². The maximum Gasteiger partial charge on any atom is 0.336 e. The van der Waals surface area contributed by atoms with Gasteiger partial charge >= 0.3 is 12.0 Å². The van der Waals surface area contributed by atoms with Crippen LogP contribution < -0.4 is 5.32 Å². The number of aliphatic imine (C=N–C) groups is 1. The second-order valence-corrected chi connectivity index (χ2v) is 10.3. The number of aryl methyl sites for hydroxylation is 1. The van der Waals surface area contributed by atoms with Gasteiger partial charge in [0.25, 0.3) is 0 Å². The predicted octanol–water partition coefficient (Wildman–Crippen LogP) is 5.63. The fraction of sp³-hybridized carbons (Fsp3) is 0.700. The molecular weight excluding hydrogens is 498 g/mol. The van der Waals surface area contributed by atoms with Gasteiger partial charge in [0.2, 0.25) is 6.08 Å². The molecule has 2 N–H and O–H groups in total. The van der Waals surface area contributed by atoms with Gasteiger partial charge in [0.1, 0.15) is 0 Å². The van der Waals surface area contributed by atoms with Crippen molar-refractivity contribution in [3.8, 4) is 0 Å². The summed E-state index contributed by atoms with van der Waals surface area (Å²) >= 11 is 0. The molecule has 2 fully saturated rings. The molecule has 1 aromatic carbocycles. The normalized spacial score (nSPS) is 18.3. The van der Waals surface area contributed by atoms with Gasteiger partial charge in [-0.05, 0) is 69.4 Å². The van der Waals surface area contributed by atoms with E-state index in [1.807, 2.05) is 30.0 Å². The minimum Gasteiger partial charge on any atom is -0.478 e. The van der Waals surface area contributed by atoms with E-state index < -0.39 is 5.97 Å². The zero-order valence-corrected chi connectivity index (χ0v) is 24.0. The number of carboxylic acid groups (broad SMARTS) is 1. The molecule has 0 heterocycles. The molecule has 2 atom stereocenters. The summed E-state index contributed by atoms with van der Waals surface area (Å²) < 4.78 is 12.2. The van der Waals surface area contributed by atoms with E-state index in [0.717, 1.165) is 81.9 Å². The molecule has 0 bridgehead atoms. The quantitative estimate of drug-likeness (QED) is 0.167. The van der Waals surface area contributed by atoms with Crippen LogP contribution in [0, 0.1) is 6.92 Å². The van der Waals surface area contributed by atoms with Gasteiger partial charge in [-0.25, -0.2) is 19.4 Å². The van der Waals surface area contributed by atoms with Gasteiger partial charge in [0.15, 0.2) is 0 Å². The van der Waals surface area contributed by atoms with Crippen LogP contribution in [0.3, 0.4) is 0 Å². The van der Waals surface area contributed by atoms with Crippen molar-refractivity contribution in [1.82, 2.24) is 10.2 Å². The number of nitrogens with one attached hydrogen (secondary N) is 1. The van der Waals surface area contributed by atoms with Crippen molar-refractivity contribution in [3.05, 3.63) is 34.9 Å². The lowest BCUT2D eigenvalue weighted by atomic mass is 9.94. The molecule has 0 saturated heterocycles. The number of urea groups is 1. The number of rotatable bonds is 15. The predicted molar refractivity (Wildman–Crippen MR) is 151 cm³/mol. The number of carbonyl (C=O) groups is 2. The molecule has 9 nitrogen and oxygen atoms in total. The van der Waals surface area contributed by atoms with Crippen molar-refractivity contribution < 1.29 is 29.0 Å². The third-order valence-electron chi connectivity index (χ3n) is 7.05. The summed E-state index contributed by atoms with van der Waals surface area (Å²) in [5.74, 6) is -0.912. The van der Waals surface area contributed by atoms with E-state index >= 15 is 0 Å². The zero-order chi connectivity index (χ0) is 28.5. The molecule has 2 aliphatic rings. The van der Waals surface area contributed by atoms with E-state index in [2.05, 4.69) is 24.2 Å². The van der Waals surface area contributed by atoms with E-state index in [-0.39, 0.29) is 18.2 Å².